The standard InChI is InChI=1S/C19H21NO3S2/c1-13(24-18-11-8-14-4-3-5-16(14)12-18)19(21)15-6-9-17(10-7-15)20-25(2,22)23/h6-13,20H,3-5H2,1-2H3. The molecule has 0 fully saturated rings. The number of Topliss-reactive ketones (excluding diaryl/α,β-unsaturated/α-hetero) is 1. The molecule has 25 heavy (non-hydrogen) atoms. The highest BCUT2D eigenvalue weighted by Crippen LogP contribution is 2.31. The number of benzene rings is 2. The fourth-order valence-corrected chi connectivity index (χ4v) is 4.60. The number of nitrogens with one attached hydrogen (secondary N) is 1. The Morgan fingerprint density at radius 2 is 1.76 bits per heavy atom. The molecule has 0 aliphatic heterocycles. The van der Waals surface area contributed by atoms with Crippen LogP contribution in [0.2, 0.25) is 0 Å². The number of anilines is 1. The van der Waals surface area contributed by atoms with E-state index >= 15 is 0 Å². The smallest absolute Gasteiger partial charge is 0.229 e. The summed E-state index contributed by atoms with van der Waals surface area (Å²) < 4.78 is 24.9. The Morgan fingerprint density at radius 3 is 2.44 bits per heavy atom. The van der Waals surface area contributed by atoms with Crippen LogP contribution in [0.1, 0.15) is 34.8 Å². The van der Waals surface area contributed by atoms with Gasteiger partial charge in [-0.15, -0.1) is 11.8 Å². The molecule has 0 spiro atoms. The number of ketones is 1. The Balaban J connectivity index is 1.67. The molecule has 0 heterocycles. The van der Waals surface area contributed by atoms with Crippen LogP contribution in [0.4, 0.5) is 5.69 Å². The van der Waals surface area contributed by atoms with Crippen molar-refractivity contribution in [2.24, 2.45) is 0 Å². The largest absolute Gasteiger partial charge is 0.293 e. The van der Waals surface area contributed by atoms with Crippen LogP contribution >= 0.6 is 11.8 Å². The van der Waals surface area contributed by atoms with Gasteiger partial charge in [0.1, 0.15) is 0 Å². The van der Waals surface area contributed by atoms with Gasteiger partial charge in [-0.25, -0.2) is 8.42 Å². The number of carbonyl (C=O) groups excluding carboxylic acids is 1. The molecule has 1 aliphatic rings. The second kappa shape index (κ2) is 7.22. The summed E-state index contributed by atoms with van der Waals surface area (Å²) in [5, 5.41) is -0.201. The van der Waals surface area contributed by atoms with Gasteiger partial charge in [-0.2, -0.15) is 0 Å². The van der Waals surface area contributed by atoms with Gasteiger partial charge < -0.3 is 0 Å². The van der Waals surface area contributed by atoms with Gasteiger partial charge in [-0.3, -0.25) is 9.52 Å². The topological polar surface area (TPSA) is 63.2 Å². The zero-order valence-electron chi connectivity index (χ0n) is 14.3. The number of rotatable bonds is 6. The zero-order valence-corrected chi connectivity index (χ0v) is 15.9. The summed E-state index contributed by atoms with van der Waals surface area (Å²) in [7, 11) is -3.31. The summed E-state index contributed by atoms with van der Waals surface area (Å²) in [6.45, 7) is 1.91. The van der Waals surface area contributed by atoms with E-state index in [1.165, 1.54) is 17.5 Å². The SMILES string of the molecule is CC(Sc1ccc2c(c1)CCC2)C(=O)c1ccc(NS(C)(=O)=O)cc1. The van der Waals surface area contributed by atoms with E-state index in [0.717, 1.165) is 24.0 Å². The number of thioether (sulfide) groups is 1. The molecule has 0 bridgehead atoms. The van der Waals surface area contributed by atoms with E-state index in [0.29, 0.717) is 11.3 Å². The summed E-state index contributed by atoms with van der Waals surface area (Å²) in [6.07, 6.45) is 4.59. The second-order valence-electron chi connectivity index (χ2n) is 6.36. The van der Waals surface area contributed by atoms with E-state index < -0.39 is 10.0 Å². The van der Waals surface area contributed by atoms with Crippen molar-refractivity contribution in [3.05, 3.63) is 59.2 Å². The maximum atomic E-state index is 12.6. The monoisotopic (exact) mass is 375 g/mol. The van der Waals surface area contributed by atoms with Crippen molar-refractivity contribution < 1.29 is 13.2 Å². The summed E-state index contributed by atoms with van der Waals surface area (Å²) in [5.74, 6) is 0.0383. The van der Waals surface area contributed by atoms with Crippen molar-refractivity contribution in [2.75, 3.05) is 11.0 Å². The van der Waals surface area contributed by atoms with E-state index in [1.54, 1.807) is 36.0 Å². The van der Waals surface area contributed by atoms with Crippen LogP contribution in [0.15, 0.2) is 47.4 Å². The molecule has 0 aromatic heterocycles. The molecule has 0 radical (unpaired) electrons. The first kappa shape index (κ1) is 18.0. The number of hydrogen-bond acceptors (Lipinski definition) is 4. The van der Waals surface area contributed by atoms with E-state index in [-0.39, 0.29) is 11.0 Å². The van der Waals surface area contributed by atoms with Gasteiger partial charge in [0.2, 0.25) is 10.0 Å². The van der Waals surface area contributed by atoms with E-state index in [9.17, 15) is 13.2 Å². The molecule has 1 atom stereocenters. The fraction of sp³-hybridized carbons (Fsp3) is 0.316. The van der Waals surface area contributed by atoms with Crippen LogP contribution in [0, 0.1) is 0 Å². The van der Waals surface area contributed by atoms with Crippen molar-refractivity contribution in [3.63, 3.8) is 0 Å². The third kappa shape index (κ3) is 4.64. The van der Waals surface area contributed by atoms with Crippen molar-refractivity contribution >= 4 is 33.3 Å². The minimum Gasteiger partial charge on any atom is -0.293 e. The van der Waals surface area contributed by atoms with Crippen LogP contribution in [0.3, 0.4) is 0 Å². The molecule has 132 valence electrons. The lowest BCUT2D eigenvalue weighted by molar-refractivity contribution is 0.0994. The van der Waals surface area contributed by atoms with Gasteiger partial charge in [-0.1, -0.05) is 6.07 Å². The lowest BCUT2D eigenvalue weighted by Crippen LogP contribution is -2.14. The summed E-state index contributed by atoms with van der Waals surface area (Å²) in [4.78, 5) is 13.7. The van der Waals surface area contributed by atoms with Crippen molar-refractivity contribution in [3.8, 4) is 0 Å². The number of fused-ring (bicyclic) bond motifs is 1. The highest BCUT2D eigenvalue weighted by molar-refractivity contribution is 8.00. The highest BCUT2D eigenvalue weighted by atomic mass is 32.2. The van der Waals surface area contributed by atoms with Crippen LogP contribution in [-0.4, -0.2) is 25.7 Å². The van der Waals surface area contributed by atoms with Crippen LogP contribution in [0.5, 0.6) is 0 Å². The molecule has 6 heteroatoms. The van der Waals surface area contributed by atoms with E-state index in [1.807, 2.05) is 6.92 Å². The highest BCUT2D eigenvalue weighted by Gasteiger charge is 2.18. The van der Waals surface area contributed by atoms with E-state index in [2.05, 4.69) is 22.9 Å². The van der Waals surface area contributed by atoms with Gasteiger partial charge in [0, 0.05) is 16.1 Å². The van der Waals surface area contributed by atoms with Crippen molar-refractivity contribution in [1.82, 2.24) is 0 Å². The molecular formula is C19H21NO3S2. The molecule has 3 rings (SSSR count). The maximum Gasteiger partial charge on any atom is 0.229 e. The van der Waals surface area contributed by atoms with Gasteiger partial charge in [0.25, 0.3) is 0 Å². The Kier molecular flexibility index (Phi) is 5.20. The van der Waals surface area contributed by atoms with E-state index in [4.69, 9.17) is 0 Å². The van der Waals surface area contributed by atoms with Gasteiger partial charge in [-0.05, 0) is 73.7 Å². The Hall–Kier alpha value is -1.79. The second-order valence-corrected chi connectivity index (χ2v) is 9.52. The van der Waals surface area contributed by atoms with Crippen molar-refractivity contribution in [1.29, 1.82) is 0 Å². The first-order valence-corrected chi connectivity index (χ1v) is 11.0. The molecule has 0 amide bonds. The Morgan fingerprint density at radius 1 is 1.08 bits per heavy atom. The lowest BCUT2D eigenvalue weighted by atomic mass is 10.1. The summed E-state index contributed by atoms with van der Waals surface area (Å²) in [6, 6.07) is 13.0. The van der Waals surface area contributed by atoms with Crippen LogP contribution in [-0.2, 0) is 22.9 Å². The third-order valence-corrected chi connectivity index (χ3v) is 5.92. The molecule has 1 aliphatic carbocycles. The van der Waals surface area contributed by atoms with Gasteiger partial charge >= 0.3 is 0 Å². The summed E-state index contributed by atoms with van der Waals surface area (Å²) >= 11 is 1.57. The fourth-order valence-electron chi connectivity index (χ4n) is 3.03. The number of sulfonamides is 1. The first-order valence-electron chi connectivity index (χ1n) is 8.22. The Bertz CT molecular complexity index is 889. The molecule has 1 N–H and O–H groups in total. The first-order chi connectivity index (χ1) is 11.8. The van der Waals surface area contributed by atoms with Crippen LogP contribution in [0.25, 0.3) is 0 Å². The molecule has 0 saturated carbocycles. The molecule has 2 aromatic carbocycles. The quantitative estimate of drug-likeness (QED) is 0.614. The minimum absolute atomic E-state index is 0.0383. The lowest BCUT2D eigenvalue weighted by Gasteiger charge is -2.12. The molecule has 2 aromatic rings. The average Bonchev–Trinajstić information content (AvgIpc) is 3.01. The molecule has 0 saturated heterocycles. The molecule has 4 nitrogen and oxygen atoms in total. The third-order valence-electron chi connectivity index (χ3n) is 4.22. The normalized spacial score (nSPS) is 14.8. The molecule has 1 unspecified atom stereocenters. The average molecular weight is 376 g/mol. The zero-order chi connectivity index (χ0) is 18.0. The number of aryl methyl sites for hydroxylation is 2. The predicted octanol–water partition coefficient (Wildman–Crippen LogP) is 3.91. The van der Waals surface area contributed by atoms with Gasteiger partial charge in [0.05, 0.1) is 11.5 Å². The number of carbonyl (C=O) groups is 1. The predicted molar refractivity (Wildman–Crippen MR) is 103 cm³/mol. The summed E-state index contributed by atoms with van der Waals surface area (Å²) in [5.41, 5.74) is 3.87. The van der Waals surface area contributed by atoms with Gasteiger partial charge in [0.15, 0.2) is 5.78 Å². The molecular weight excluding hydrogens is 354 g/mol. The Labute approximate surface area is 153 Å². The van der Waals surface area contributed by atoms with Crippen LogP contribution < -0.4 is 4.72 Å². The number of hydrogen-bond donors (Lipinski definition) is 1. The van der Waals surface area contributed by atoms with Crippen molar-refractivity contribution in [2.45, 2.75) is 36.3 Å². The minimum atomic E-state index is -3.31. The maximum absolute atomic E-state index is 12.6.